The van der Waals surface area contributed by atoms with E-state index in [-0.39, 0.29) is 0 Å². The Balaban J connectivity index is 1.25. The smallest absolute Gasteiger partial charge is 0.338 e. The molecule has 5 atom stereocenters. The third-order valence-corrected chi connectivity index (χ3v) is 8.87. The molecule has 1 unspecified atom stereocenters. The maximum absolute atomic E-state index is 13.7. The molecule has 5 aromatic rings. The van der Waals surface area contributed by atoms with Gasteiger partial charge in [0.25, 0.3) is 0 Å². The Morgan fingerprint density at radius 3 is 2.36 bits per heavy atom. The predicted molar refractivity (Wildman–Crippen MR) is 167 cm³/mol. The van der Waals surface area contributed by atoms with Gasteiger partial charge in [0.2, 0.25) is 0 Å². The van der Waals surface area contributed by atoms with E-state index in [0.717, 1.165) is 11.1 Å². The van der Waals surface area contributed by atoms with Crippen LogP contribution >= 0.6 is 34.8 Å². The molecule has 0 bridgehead atoms. The molecule has 44 heavy (non-hydrogen) atoms. The van der Waals surface area contributed by atoms with Crippen LogP contribution in [-0.2, 0) is 18.9 Å². The minimum absolute atomic E-state index is 0.315. The van der Waals surface area contributed by atoms with Crippen molar-refractivity contribution >= 4 is 51.8 Å². The van der Waals surface area contributed by atoms with Crippen LogP contribution in [0.1, 0.15) is 42.1 Å². The van der Waals surface area contributed by atoms with Gasteiger partial charge in [0.05, 0.1) is 21.0 Å². The summed E-state index contributed by atoms with van der Waals surface area (Å²) in [6, 6.07) is 24.1. The zero-order chi connectivity index (χ0) is 30.6. The first-order valence-corrected chi connectivity index (χ1v) is 15.1. The highest BCUT2D eigenvalue weighted by Gasteiger charge is 2.59. The molecule has 7 rings (SSSR count). The Morgan fingerprint density at radius 1 is 0.886 bits per heavy atom. The van der Waals surface area contributed by atoms with Crippen LogP contribution in [0.3, 0.4) is 0 Å². The van der Waals surface area contributed by atoms with Crippen LogP contribution in [-0.4, -0.2) is 44.6 Å². The molecule has 2 saturated heterocycles. The number of aromatic nitrogens is 3. The van der Waals surface area contributed by atoms with Crippen molar-refractivity contribution in [3.8, 4) is 11.1 Å². The van der Waals surface area contributed by atoms with Gasteiger partial charge in [-0.05, 0) is 60.9 Å². The molecule has 2 aliphatic rings. The average molecular weight is 651 g/mol. The van der Waals surface area contributed by atoms with Crippen molar-refractivity contribution in [3.05, 3.63) is 118 Å². The van der Waals surface area contributed by atoms with Crippen LogP contribution in [0.5, 0.6) is 0 Å². The van der Waals surface area contributed by atoms with E-state index in [2.05, 4.69) is 9.97 Å². The topological polar surface area (TPSA) is 84.7 Å². The lowest BCUT2D eigenvalue weighted by molar-refractivity contribution is -0.207. The van der Waals surface area contributed by atoms with Gasteiger partial charge in [-0.25, -0.2) is 14.8 Å². The summed E-state index contributed by atoms with van der Waals surface area (Å²) in [6.45, 7) is 3.67. The molecule has 0 radical (unpaired) electrons. The summed E-state index contributed by atoms with van der Waals surface area (Å²) in [6.07, 6.45) is -0.356. The summed E-state index contributed by atoms with van der Waals surface area (Å²) in [7, 11) is 0. The maximum Gasteiger partial charge on any atom is 0.338 e. The fraction of sp³-hybridized carbons (Fsp3) is 0.242. The van der Waals surface area contributed by atoms with Crippen LogP contribution in [0.4, 0.5) is 0 Å². The van der Waals surface area contributed by atoms with Crippen molar-refractivity contribution < 1.29 is 23.7 Å². The zero-order valence-electron chi connectivity index (χ0n) is 23.6. The first-order chi connectivity index (χ1) is 21.2. The van der Waals surface area contributed by atoms with E-state index in [4.69, 9.17) is 53.8 Å². The standard InChI is InChI=1S/C33H26Cl3N3O5/c1-33(2)43-27-26(41-31(28(27)44-33)39-15-14-22-29(36)37-17-38-30(22)39)25(21-12-13-23(34)24(35)16-21)42-32(40)20-10-8-19(9-11-20)18-6-4-3-5-7-18/h3-17,25-28,31H,1-2H3/t25?,26-,27-,28-,31-/m1/s1. The Bertz CT molecular complexity index is 1850. The highest BCUT2D eigenvalue weighted by atomic mass is 35.5. The van der Waals surface area contributed by atoms with Gasteiger partial charge in [0, 0.05) is 6.20 Å². The van der Waals surface area contributed by atoms with E-state index in [1.165, 1.54) is 6.33 Å². The lowest BCUT2D eigenvalue weighted by atomic mass is 9.98. The molecule has 3 aromatic carbocycles. The van der Waals surface area contributed by atoms with Gasteiger partial charge in [-0.3, -0.25) is 0 Å². The quantitative estimate of drug-likeness (QED) is 0.136. The van der Waals surface area contributed by atoms with Gasteiger partial charge in [-0.1, -0.05) is 83.3 Å². The Labute approximate surface area is 268 Å². The second-order valence-electron chi connectivity index (χ2n) is 11.1. The number of hydrogen-bond acceptors (Lipinski definition) is 7. The van der Waals surface area contributed by atoms with E-state index in [1.54, 1.807) is 30.3 Å². The lowest BCUT2D eigenvalue weighted by Crippen LogP contribution is -2.36. The summed E-state index contributed by atoms with van der Waals surface area (Å²) >= 11 is 19.0. The van der Waals surface area contributed by atoms with Gasteiger partial charge < -0.3 is 23.5 Å². The Hall–Kier alpha value is -3.50. The minimum atomic E-state index is -0.930. The van der Waals surface area contributed by atoms with Crippen LogP contribution in [0.15, 0.2) is 91.4 Å². The first kappa shape index (κ1) is 29.2. The monoisotopic (exact) mass is 649 g/mol. The summed E-state index contributed by atoms with van der Waals surface area (Å²) < 4.78 is 27.5. The largest absolute Gasteiger partial charge is 0.451 e. The molecule has 0 aliphatic carbocycles. The van der Waals surface area contributed by atoms with Crippen LogP contribution < -0.4 is 0 Å². The molecular weight excluding hydrogens is 625 g/mol. The number of benzene rings is 3. The first-order valence-electron chi connectivity index (χ1n) is 14.0. The van der Waals surface area contributed by atoms with Crippen molar-refractivity contribution in [3.63, 3.8) is 0 Å². The maximum atomic E-state index is 13.7. The third-order valence-electron chi connectivity index (χ3n) is 7.83. The molecule has 2 aliphatic heterocycles. The molecular formula is C33H26Cl3N3O5. The van der Waals surface area contributed by atoms with E-state index >= 15 is 0 Å². The van der Waals surface area contributed by atoms with Crippen molar-refractivity contribution in [1.82, 2.24) is 14.5 Å². The van der Waals surface area contributed by atoms with Gasteiger partial charge in [0.1, 0.15) is 35.4 Å². The van der Waals surface area contributed by atoms with Gasteiger partial charge in [-0.15, -0.1) is 0 Å². The summed E-state index contributed by atoms with van der Waals surface area (Å²) in [5.74, 6) is -1.46. The number of carbonyl (C=O) groups excluding carboxylic acids is 1. The molecule has 224 valence electrons. The summed E-state index contributed by atoms with van der Waals surface area (Å²) in [5.41, 5.74) is 3.57. The molecule has 0 amide bonds. The SMILES string of the molecule is CC1(C)O[C@@H]2[C@H](O1)[C@@H](C(OC(=O)c1ccc(-c3ccccc3)cc1)c1ccc(Cl)c(Cl)c1)O[C@H]2n1ccc2c(Cl)ncnc21. The molecule has 2 aromatic heterocycles. The number of rotatable bonds is 6. The highest BCUT2D eigenvalue weighted by molar-refractivity contribution is 6.42. The predicted octanol–water partition coefficient (Wildman–Crippen LogP) is 8.07. The van der Waals surface area contributed by atoms with Crippen LogP contribution in [0, 0.1) is 0 Å². The number of ether oxygens (including phenoxy) is 4. The van der Waals surface area contributed by atoms with E-state index in [0.29, 0.717) is 37.4 Å². The summed E-state index contributed by atoms with van der Waals surface area (Å²) in [5, 5.41) is 1.68. The normalized spacial score (nSPS) is 23.0. The fourth-order valence-corrected chi connectivity index (χ4v) is 6.35. The number of halogens is 3. The second kappa shape index (κ2) is 11.5. The number of carbonyl (C=O) groups is 1. The van der Waals surface area contributed by atoms with Crippen LogP contribution in [0.2, 0.25) is 15.2 Å². The van der Waals surface area contributed by atoms with Crippen molar-refractivity contribution in [2.24, 2.45) is 0 Å². The van der Waals surface area contributed by atoms with Gasteiger partial charge >= 0.3 is 5.97 Å². The fourth-order valence-electron chi connectivity index (χ4n) is 5.85. The number of fused-ring (bicyclic) bond motifs is 2. The molecule has 0 N–H and O–H groups in total. The van der Waals surface area contributed by atoms with E-state index in [9.17, 15) is 4.79 Å². The number of esters is 1. The number of hydrogen-bond donors (Lipinski definition) is 0. The van der Waals surface area contributed by atoms with Gasteiger partial charge in [-0.2, -0.15) is 0 Å². The molecule has 0 saturated carbocycles. The van der Waals surface area contributed by atoms with E-state index in [1.807, 2.05) is 73.1 Å². The van der Waals surface area contributed by atoms with Crippen molar-refractivity contribution in [1.29, 1.82) is 0 Å². The molecule has 2 fully saturated rings. The molecule has 4 heterocycles. The Morgan fingerprint density at radius 2 is 1.61 bits per heavy atom. The molecule has 11 heteroatoms. The lowest BCUT2D eigenvalue weighted by Gasteiger charge is -2.29. The van der Waals surface area contributed by atoms with Gasteiger partial charge in [0.15, 0.2) is 18.1 Å². The Kier molecular flexibility index (Phi) is 7.61. The summed E-state index contributed by atoms with van der Waals surface area (Å²) in [4.78, 5) is 22.2. The van der Waals surface area contributed by atoms with Crippen molar-refractivity contribution in [2.75, 3.05) is 0 Å². The number of nitrogens with zero attached hydrogens (tertiary/aromatic N) is 3. The van der Waals surface area contributed by atoms with Crippen LogP contribution in [0.25, 0.3) is 22.2 Å². The third kappa shape index (κ3) is 5.36. The second-order valence-corrected chi connectivity index (χ2v) is 12.3. The highest BCUT2D eigenvalue weighted by Crippen LogP contribution is 2.48. The molecule has 0 spiro atoms. The average Bonchev–Trinajstić information content (AvgIpc) is 3.69. The minimum Gasteiger partial charge on any atom is -0.451 e. The zero-order valence-corrected chi connectivity index (χ0v) is 25.8. The van der Waals surface area contributed by atoms with E-state index < -0.39 is 42.4 Å². The van der Waals surface area contributed by atoms with Crippen molar-refractivity contribution in [2.45, 2.75) is 50.3 Å². The molecule has 8 nitrogen and oxygen atoms in total.